The lowest BCUT2D eigenvalue weighted by Crippen LogP contribution is -1.95. The van der Waals surface area contributed by atoms with Crippen LogP contribution in [0.3, 0.4) is 0 Å². The molecule has 1 aliphatic carbocycles. The van der Waals surface area contributed by atoms with Crippen molar-refractivity contribution in [3.05, 3.63) is 35.4 Å². The first-order valence-electron chi connectivity index (χ1n) is 4.98. The van der Waals surface area contributed by atoms with E-state index in [4.69, 9.17) is 11.6 Å². The Balaban J connectivity index is 2.65. The second-order valence-electron chi connectivity index (χ2n) is 3.47. The maximum atomic E-state index is 5.50. The summed E-state index contributed by atoms with van der Waals surface area (Å²) in [4.78, 5) is 0. The van der Waals surface area contributed by atoms with Gasteiger partial charge in [0.2, 0.25) is 0 Å². The third kappa shape index (κ3) is 3.40. The fourth-order valence-corrected chi connectivity index (χ4v) is 2.00. The third-order valence-corrected chi connectivity index (χ3v) is 2.69. The van der Waals surface area contributed by atoms with Crippen LogP contribution in [0.5, 0.6) is 0 Å². The summed E-state index contributed by atoms with van der Waals surface area (Å²) in [6.07, 6.45) is 13.8. The first-order valence-corrected chi connectivity index (χ1v) is 5.41. The second kappa shape index (κ2) is 6.04. The second-order valence-corrected chi connectivity index (χ2v) is 3.72. The molecule has 72 valence electrons. The Morgan fingerprint density at radius 2 is 2.00 bits per heavy atom. The average Bonchev–Trinajstić information content (AvgIpc) is 2.65. The fraction of sp³-hybridized carbons (Fsp3) is 0.500. The zero-order chi connectivity index (χ0) is 9.52. The Morgan fingerprint density at radius 1 is 1.31 bits per heavy atom. The summed E-state index contributed by atoms with van der Waals surface area (Å²) in [7, 11) is 0. The van der Waals surface area contributed by atoms with Crippen molar-refractivity contribution in [2.45, 2.75) is 32.6 Å². The zero-order valence-corrected chi connectivity index (χ0v) is 8.93. The van der Waals surface area contributed by atoms with E-state index >= 15 is 0 Å². The van der Waals surface area contributed by atoms with Gasteiger partial charge in [0.25, 0.3) is 0 Å². The van der Waals surface area contributed by atoms with Crippen molar-refractivity contribution in [3.8, 4) is 0 Å². The molecule has 0 spiro atoms. The molecule has 1 rings (SSSR count). The van der Waals surface area contributed by atoms with Crippen molar-refractivity contribution in [2.75, 3.05) is 0 Å². The fourth-order valence-electron chi connectivity index (χ4n) is 1.93. The minimum atomic E-state index is 0.768. The van der Waals surface area contributed by atoms with Crippen LogP contribution in [0.1, 0.15) is 32.6 Å². The lowest BCUT2D eigenvalue weighted by atomic mass is 9.97. The molecule has 0 radical (unpaired) electrons. The van der Waals surface area contributed by atoms with Gasteiger partial charge in [0, 0.05) is 5.54 Å². The standard InChI is InChI=1S/C12H17Cl/c1-2-6-11(9-5-10-13)12-7-3-4-8-12/h2,5-6,9-10,12H,3-4,7-8H2,1H3/b6-2-,10-5+,11-9+. The van der Waals surface area contributed by atoms with Crippen molar-refractivity contribution in [2.24, 2.45) is 5.92 Å². The SMILES string of the molecule is C\C=C/C(=C\C=C\Cl)C1CCCC1. The first kappa shape index (κ1) is 10.6. The highest BCUT2D eigenvalue weighted by molar-refractivity contribution is 6.25. The van der Waals surface area contributed by atoms with Crippen LogP contribution in [0.25, 0.3) is 0 Å². The van der Waals surface area contributed by atoms with Gasteiger partial charge < -0.3 is 0 Å². The Bertz CT molecular complexity index is 217. The van der Waals surface area contributed by atoms with Gasteiger partial charge in [0.15, 0.2) is 0 Å². The summed E-state index contributed by atoms with van der Waals surface area (Å²) >= 11 is 5.50. The van der Waals surface area contributed by atoms with Gasteiger partial charge in [-0.15, -0.1) is 0 Å². The number of halogens is 1. The molecule has 0 aromatic carbocycles. The van der Waals surface area contributed by atoms with E-state index in [2.05, 4.69) is 25.2 Å². The molecule has 0 nitrogen and oxygen atoms in total. The lowest BCUT2D eigenvalue weighted by molar-refractivity contribution is 0.657. The average molecular weight is 197 g/mol. The summed E-state index contributed by atoms with van der Waals surface area (Å²) in [5, 5.41) is 0. The van der Waals surface area contributed by atoms with Gasteiger partial charge in [-0.3, -0.25) is 0 Å². The monoisotopic (exact) mass is 196 g/mol. The van der Waals surface area contributed by atoms with Crippen molar-refractivity contribution in [1.29, 1.82) is 0 Å². The van der Waals surface area contributed by atoms with Gasteiger partial charge in [-0.1, -0.05) is 48.7 Å². The molecule has 0 N–H and O–H groups in total. The van der Waals surface area contributed by atoms with Crippen LogP contribution in [0.15, 0.2) is 35.4 Å². The molecule has 0 atom stereocenters. The molecule has 13 heavy (non-hydrogen) atoms. The maximum Gasteiger partial charge on any atom is 0.00425 e. The van der Waals surface area contributed by atoms with Crippen molar-refractivity contribution in [1.82, 2.24) is 0 Å². The number of allylic oxidation sites excluding steroid dienone is 5. The molecule has 1 heteroatoms. The first-order chi connectivity index (χ1) is 6.38. The van der Waals surface area contributed by atoms with E-state index < -0.39 is 0 Å². The van der Waals surface area contributed by atoms with E-state index in [0.29, 0.717) is 0 Å². The minimum Gasteiger partial charge on any atom is -0.0930 e. The molecular formula is C12H17Cl. The highest BCUT2D eigenvalue weighted by Crippen LogP contribution is 2.31. The summed E-state index contributed by atoms with van der Waals surface area (Å²) in [6, 6.07) is 0. The Hall–Kier alpha value is -0.490. The van der Waals surface area contributed by atoms with E-state index in [1.165, 1.54) is 31.3 Å². The summed E-state index contributed by atoms with van der Waals surface area (Å²) < 4.78 is 0. The normalized spacial score (nSPS) is 20.9. The van der Waals surface area contributed by atoms with Crippen LogP contribution in [0.2, 0.25) is 0 Å². The predicted octanol–water partition coefficient (Wildman–Crippen LogP) is 4.43. The van der Waals surface area contributed by atoms with E-state index in [9.17, 15) is 0 Å². The van der Waals surface area contributed by atoms with Gasteiger partial charge in [0.05, 0.1) is 0 Å². The van der Waals surface area contributed by atoms with Gasteiger partial charge >= 0.3 is 0 Å². The van der Waals surface area contributed by atoms with E-state index in [0.717, 1.165) is 5.92 Å². The highest BCUT2D eigenvalue weighted by atomic mass is 35.5. The van der Waals surface area contributed by atoms with E-state index in [1.54, 1.807) is 5.54 Å². The maximum absolute atomic E-state index is 5.50. The molecule has 0 aromatic heterocycles. The highest BCUT2D eigenvalue weighted by Gasteiger charge is 2.16. The molecule has 0 bridgehead atoms. The molecule has 0 aliphatic heterocycles. The van der Waals surface area contributed by atoms with Crippen LogP contribution in [-0.4, -0.2) is 0 Å². The van der Waals surface area contributed by atoms with E-state index in [1.807, 2.05) is 6.08 Å². The molecule has 1 aliphatic rings. The summed E-state index contributed by atoms with van der Waals surface area (Å²) in [6.45, 7) is 2.06. The van der Waals surface area contributed by atoms with Crippen LogP contribution in [-0.2, 0) is 0 Å². The van der Waals surface area contributed by atoms with Gasteiger partial charge in [-0.05, 0) is 31.3 Å². The summed E-state index contributed by atoms with van der Waals surface area (Å²) in [5.41, 5.74) is 3.00. The van der Waals surface area contributed by atoms with Crippen LogP contribution >= 0.6 is 11.6 Å². The van der Waals surface area contributed by atoms with Crippen LogP contribution in [0, 0.1) is 5.92 Å². The third-order valence-electron chi connectivity index (χ3n) is 2.55. The minimum absolute atomic E-state index is 0.768. The topological polar surface area (TPSA) is 0 Å². The Labute approximate surface area is 86.0 Å². The molecular weight excluding hydrogens is 180 g/mol. The molecule has 0 saturated heterocycles. The molecule has 0 unspecified atom stereocenters. The number of hydrogen-bond acceptors (Lipinski definition) is 0. The van der Waals surface area contributed by atoms with Crippen LogP contribution in [0.4, 0.5) is 0 Å². The van der Waals surface area contributed by atoms with Crippen molar-refractivity contribution in [3.63, 3.8) is 0 Å². The van der Waals surface area contributed by atoms with Crippen molar-refractivity contribution < 1.29 is 0 Å². The van der Waals surface area contributed by atoms with Gasteiger partial charge in [-0.2, -0.15) is 0 Å². The predicted molar refractivity (Wildman–Crippen MR) is 59.8 cm³/mol. The van der Waals surface area contributed by atoms with Gasteiger partial charge in [0.1, 0.15) is 0 Å². The van der Waals surface area contributed by atoms with Crippen LogP contribution < -0.4 is 0 Å². The molecule has 0 amide bonds. The molecule has 1 fully saturated rings. The quantitative estimate of drug-likeness (QED) is 0.586. The lowest BCUT2D eigenvalue weighted by Gasteiger charge is -2.09. The smallest absolute Gasteiger partial charge is 0.00425 e. The largest absolute Gasteiger partial charge is 0.0930 e. The Morgan fingerprint density at radius 3 is 2.54 bits per heavy atom. The number of rotatable bonds is 3. The van der Waals surface area contributed by atoms with Gasteiger partial charge in [-0.25, -0.2) is 0 Å². The summed E-state index contributed by atoms with van der Waals surface area (Å²) in [5.74, 6) is 0.768. The number of hydrogen-bond donors (Lipinski definition) is 0. The molecule has 0 aromatic rings. The Kier molecular flexibility index (Phi) is 4.92. The zero-order valence-electron chi connectivity index (χ0n) is 8.17. The molecule has 1 saturated carbocycles. The van der Waals surface area contributed by atoms with Crippen molar-refractivity contribution >= 4 is 11.6 Å². The van der Waals surface area contributed by atoms with E-state index in [-0.39, 0.29) is 0 Å². The molecule has 0 heterocycles.